The summed E-state index contributed by atoms with van der Waals surface area (Å²) in [5.41, 5.74) is 1.22. The summed E-state index contributed by atoms with van der Waals surface area (Å²) < 4.78 is 5.79. The summed E-state index contributed by atoms with van der Waals surface area (Å²) in [6, 6.07) is 8.31. The van der Waals surface area contributed by atoms with E-state index in [1.54, 1.807) is 0 Å². The normalized spacial score (nSPS) is 16.2. The second-order valence-electron chi connectivity index (χ2n) is 8.38. The molecule has 0 aromatic heterocycles. The molecule has 29 heavy (non-hydrogen) atoms. The van der Waals surface area contributed by atoms with Crippen molar-refractivity contribution in [2.45, 2.75) is 39.2 Å². The van der Waals surface area contributed by atoms with Crippen LogP contribution in [-0.4, -0.2) is 76.2 Å². The quantitative estimate of drug-likeness (QED) is 0.338. The molecule has 2 N–H and O–H groups in total. The average Bonchev–Trinajstić information content (AvgIpc) is 2.73. The van der Waals surface area contributed by atoms with Crippen molar-refractivity contribution in [2.75, 3.05) is 60.5 Å². The van der Waals surface area contributed by atoms with Crippen molar-refractivity contribution in [1.29, 1.82) is 0 Å². The zero-order chi connectivity index (χ0) is 20.9. The van der Waals surface area contributed by atoms with Gasteiger partial charge in [0.15, 0.2) is 5.96 Å². The van der Waals surface area contributed by atoms with Crippen molar-refractivity contribution < 1.29 is 4.74 Å². The molecule has 6 heteroatoms. The summed E-state index contributed by atoms with van der Waals surface area (Å²) in [4.78, 5) is 9.09. The molecule has 0 aliphatic carbocycles. The summed E-state index contributed by atoms with van der Waals surface area (Å²) in [5, 5.41) is 6.82. The van der Waals surface area contributed by atoms with Gasteiger partial charge in [0.25, 0.3) is 0 Å². The van der Waals surface area contributed by atoms with Gasteiger partial charge in [-0.3, -0.25) is 4.99 Å². The number of nitrogens with zero attached hydrogens (tertiary/aromatic N) is 3. The molecule has 1 aromatic carbocycles. The molecule has 1 saturated heterocycles. The van der Waals surface area contributed by atoms with Crippen molar-refractivity contribution in [3.8, 4) is 5.75 Å². The predicted octanol–water partition coefficient (Wildman–Crippen LogP) is 2.80. The van der Waals surface area contributed by atoms with Crippen molar-refractivity contribution in [3.05, 3.63) is 29.8 Å². The minimum Gasteiger partial charge on any atom is -0.494 e. The van der Waals surface area contributed by atoms with Crippen LogP contribution < -0.4 is 15.4 Å². The molecule has 0 bridgehead atoms. The van der Waals surface area contributed by atoms with E-state index in [0.717, 1.165) is 56.7 Å². The van der Waals surface area contributed by atoms with E-state index in [2.05, 4.69) is 58.6 Å². The van der Waals surface area contributed by atoms with Crippen LogP contribution in [0.15, 0.2) is 29.3 Å². The maximum Gasteiger partial charge on any atom is 0.191 e. The van der Waals surface area contributed by atoms with E-state index in [1.165, 1.54) is 38.0 Å². The molecule has 0 unspecified atom stereocenters. The van der Waals surface area contributed by atoms with Crippen LogP contribution in [0.25, 0.3) is 0 Å². The van der Waals surface area contributed by atoms with Crippen LogP contribution in [0.1, 0.15) is 38.2 Å². The van der Waals surface area contributed by atoms with Gasteiger partial charge in [-0.05, 0) is 83.0 Å². The number of guanidine groups is 1. The number of hydrogen-bond donors (Lipinski definition) is 2. The topological polar surface area (TPSA) is 52.1 Å². The van der Waals surface area contributed by atoms with E-state index in [4.69, 9.17) is 4.74 Å². The van der Waals surface area contributed by atoms with Gasteiger partial charge in [-0.15, -0.1) is 0 Å². The second-order valence-corrected chi connectivity index (χ2v) is 8.38. The van der Waals surface area contributed by atoms with E-state index in [0.29, 0.717) is 0 Å². The first-order chi connectivity index (χ1) is 14.1. The second kappa shape index (κ2) is 13.4. The number of likely N-dealkylation sites (tertiary alicyclic amines) is 1. The van der Waals surface area contributed by atoms with Crippen molar-refractivity contribution in [1.82, 2.24) is 20.4 Å². The van der Waals surface area contributed by atoms with E-state index >= 15 is 0 Å². The SMILES string of the molecule is CN=C(NCCCN1CCC(C)CC1)NCc1ccc(OCCCN(C)C)cc1. The lowest BCUT2D eigenvalue weighted by Gasteiger charge is -2.30. The van der Waals surface area contributed by atoms with Crippen LogP contribution in [0.3, 0.4) is 0 Å². The summed E-state index contributed by atoms with van der Waals surface area (Å²) in [6.07, 6.45) is 4.87. The first-order valence-corrected chi connectivity index (χ1v) is 11.1. The van der Waals surface area contributed by atoms with Gasteiger partial charge in [-0.1, -0.05) is 19.1 Å². The smallest absolute Gasteiger partial charge is 0.191 e. The molecule has 0 atom stereocenters. The molecule has 6 nitrogen and oxygen atoms in total. The van der Waals surface area contributed by atoms with Crippen LogP contribution in [-0.2, 0) is 6.54 Å². The molecular formula is C23H41N5O. The highest BCUT2D eigenvalue weighted by Crippen LogP contribution is 2.15. The van der Waals surface area contributed by atoms with Gasteiger partial charge in [0.2, 0.25) is 0 Å². The lowest BCUT2D eigenvalue weighted by atomic mass is 9.99. The number of nitrogens with one attached hydrogen (secondary N) is 2. The average molecular weight is 404 g/mol. The molecule has 0 saturated carbocycles. The largest absolute Gasteiger partial charge is 0.494 e. The van der Waals surface area contributed by atoms with E-state index in [1.807, 2.05) is 19.2 Å². The molecule has 1 aliphatic rings. The lowest BCUT2D eigenvalue weighted by Crippen LogP contribution is -2.39. The highest BCUT2D eigenvalue weighted by Gasteiger charge is 2.14. The number of rotatable bonds is 11. The fourth-order valence-electron chi connectivity index (χ4n) is 3.48. The van der Waals surface area contributed by atoms with Crippen LogP contribution in [0.4, 0.5) is 0 Å². The minimum absolute atomic E-state index is 0.753. The lowest BCUT2D eigenvalue weighted by molar-refractivity contribution is 0.191. The Hall–Kier alpha value is -1.79. The number of hydrogen-bond acceptors (Lipinski definition) is 4. The summed E-state index contributed by atoms with van der Waals surface area (Å²) >= 11 is 0. The van der Waals surface area contributed by atoms with Crippen LogP contribution in [0.5, 0.6) is 5.75 Å². The highest BCUT2D eigenvalue weighted by atomic mass is 16.5. The highest BCUT2D eigenvalue weighted by molar-refractivity contribution is 5.79. The Balaban J connectivity index is 1.59. The molecule has 0 radical (unpaired) electrons. The van der Waals surface area contributed by atoms with Gasteiger partial charge in [-0.25, -0.2) is 0 Å². The third-order valence-corrected chi connectivity index (χ3v) is 5.45. The zero-order valence-corrected chi connectivity index (χ0v) is 18.9. The van der Waals surface area contributed by atoms with E-state index in [-0.39, 0.29) is 0 Å². The van der Waals surface area contributed by atoms with Gasteiger partial charge in [-0.2, -0.15) is 0 Å². The van der Waals surface area contributed by atoms with Crippen molar-refractivity contribution in [2.24, 2.45) is 10.9 Å². The maximum atomic E-state index is 5.79. The Morgan fingerprint density at radius 2 is 1.86 bits per heavy atom. The fourth-order valence-corrected chi connectivity index (χ4v) is 3.48. The van der Waals surface area contributed by atoms with E-state index < -0.39 is 0 Å². The van der Waals surface area contributed by atoms with E-state index in [9.17, 15) is 0 Å². The molecule has 164 valence electrons. The third kappa shape index (κ3) is 9.99. The molecule has 1 aromatic rings. The fraction of sp³-hybridized carbons (Fsp3) is 0.696. The molecule has 0 amide bonds. The Morgan fingerprint density at radius 3 is 2.52 bits per heavy atom. The summed E-state index contributed by atoms with van der Waals surface area (Å²) in [6.45, 7) is 9.55. The molecule has 1 aliphatic heterocycles. The Bertz CT molecular complexity index is 579. The van der Waals surface area contributed by atoms with Gasteiger partial charge < -0.3 is 25.2 Å². The van der Waals surface area contributed by atoms with Gasteiger partial charge in [0.1, 0.15) is 5.75 Å². The zero-order valence-electron chi connectivity index (χ0n) is 18.9. The van der Waals surface area contributed by atoms with Gasteiger partial charge in [0, 0.05) is 26.7 Å². The Morgan fingerprint density at radius 1 is 1.14 bits per heavy atom. The molecule has 0 spiro atoms. The molecule has 1 heterocycles. The van der Waals surface area contributed by atoms with Gasteiger partial charge in [0.05, 0.1) is 6.61 Å². The van der Waals surface area contributed by atoms with Crippen LogP contribution in [0.2, 0.25) is 0 Å². The molecular weight excluding hydrogens is 362 g/mol. The maximum absolute atomic E-state index is 5.79. The molecule has 1 fully saturated rings. The Kier molecular flexibility index (Phi) is 10.9. The summed E-state index contributed by atoms with van der Waals surface area (Å²) in [5.74, 6) is 2.69. The van der Waals surface area contributed by atoms with Crippen molar-refractivity contribution in [3.63, 3.8) is 0 Å². The number of ether oxygens (including phenoxy) is 1. The van der Waals surface area contributed by atoms with Crippen LogP contribution in [0, 0.1) is 5.92 Å². The van der Waals surface area contributed by atoms with Crippen molar-refractivity contribution >= 4 is 5.96 Å². The Labute approximate surface area is 177 Å². The minimum atomic E-state index is 0.753. The first kappa shape index (κ1) is 23.5. The first-order valence-electron chi connectivity index (χ1n) is 11.1. The molecule has 2 rings (SSSR count). The monoisotopic (exact) mass is 403 g/mol. The van der Waals surface area contributed by atoms with Gasteiger partial charge >= 0.3 is 0 Å². The third-order valence-electron chi connectivity index (χ3n) is 5.45. The summed E-state index contributed by atoms with van der Waals surface area (Å²) in [7, 11) is 5.99. The number of piperidine rings is 1. The standard InChI is InChI=1S/C23H41N5O/c1-20-11-16-28(17-12-20)15-5-13-25-23(24-2)26-19-21-7-9-22(10-8-21)29-18-6-14-27(3)4/h7-10,20H,5-6,11-19H2,1-4H3,(H2,24,25,26). The van der Waals surface area contributed by atoms with Crippen LogP contribution >= 0.6 is 0 Å². The predicted molar refractivity (Wildman–Crippen MR) is 123 cm³/mol. The number of benzene rings is 1. The number of aliphatic imine (C=N–C) groups is 1.